The van der Waals surface area contributed by atoms with Crippen LogP contribution in [0.5, 0.6) is 0 Å². The Labute approximate surface area is 89.7 Å². The lowest BCUT2D eigenvalue weighted by Crippen LogP contribution is -2.44. The van der Waals surface area contributed by atoms with Gasteiger partial charge in [0.25, 0.3) is 0 Å². The zero-order valence-electron chi connectivity index (χ0n) is 8.73. The molecule has 84 valence electrons. The highest BCUT2D eigenvalue weighted by atomic mass is 32.2. The van der Waals surface area contributed by atoms with Gasteiger partial charge in [0.15, 0.2) is 0 Å². The molecule has 0 spiro atoms. The number of nitrogens with zero attached hydrogens (tertiary/aromatic N) is 1. The van der Waals surface area contributed by atoms with E-state index in [9.17, 15) is 13.2 Å². The van der Waals surface area contributed by atoms with Crippen LogP contribution in [0, 0.1) is 12.3 Å². The summed E-state index contributed by atoms with van der Waals surface area (Å²) in [5, 5.41) is 4.16. The fourth-order valence-electron chi connectivity index (χ4n) is 1.51. The Hall–Kier alpha value is -1.06. The lowest BCUT2D eigenvalue weighted by atomic mass is 10.1. The van der Waals surface area contributed by atoms with Crippen molar-refractivity contribution in [2.45, 2.75) is 31.1 Å². The summed E-state index contributed by atoms with van der Waals surface area (Å²) in [4.78, 5) is 12.9. The molecular weight excluding hydrogens is 216 g/mol. The fourth-order valence-corrected chi connectivity index (χ4v) is 2.24. The van der Waals surface area contributed by atoms with Crippen molar-refractivity contribution in [3.05, 3.63) is 0 Å². The first-order valence-corrected chi connectivity index (χ1v) is 6.09. The average Bonchev–Trinajstić information content (AvgIpc) is 2.47. The molecule has 6 heteroatoms. The molecule has 1 atom stereocenters. The van der Waals surface area contributed by atoms with Gasteiger partial charge in [0.1, 0.15) is 5.25 Å². The van der Waals surface area contributed by atoms with Crippen LogP contribution in [0.3, 0.4) is 0 Å². The molecule has 1 rings (SSSR count). The second-order valence-corrected chi connectivity index (χ2v) is 5.97. The van der Waals surface area contributed by atoms with Gasteiger partial charge in [-0.3, -0.25) is 4.79 Å². The van der Waals surface area contributed by atoms with E-state index in [4.69, 9.17) is 11.6 Å². The molecule has 1 amide bonds. The smallest absolute Gasteiger partial charge is 0.225 e. The topological polar surface area (TPSA) is 80.5 Å². The molecule has 2 N–H and O–H groups in total. The van der Waals surface area contributed by atoms with Gasteiger partial charge in [-0.05, 0) is 13.8 Å². The predicted molar refractivity (Wildman–Crippen MR) is 56.1 cm³/mol. The second kappa shape index (κ2) is 3.51. The van der Waals surface area contributed by atoms with Gasteiger partial charge in [-0.1, -0.05) is 5.92 Å². The van der Waals surface area contributed by atoms with Gasteiger partial charge in [0, 0.05) is 13.0 Å². The largest absolute Gasteiger partial charge is 0.325 e. The molecule has 0 aromatic heterocycles. The number of hydrogen-bond acceptors (Lipinski definition) is 3. The third-order valence-corrected chi connectivity index (χ3v) is 3.83. The molecule has 5 nitrogen and oxygen atoms in total. The molecule has 0 bridgehead atoms. The third-order valence-electron chi connectivity index (χ3n) is 2.58. The summed E-state index contributed by atoms with van der Waals surface area (Å²) in [6, 6.07) is 0. The van der Waals surface area contributed by atoms with E-state index < -0.39 is 20.8 Å². The number of hydrogen-bond donors (Lipinski definition) is 1. The summed E-state index contributed by atoms with van der Waals surface area (Å²) >= 11 is 0. The summed E-state index contributed by atoms with van der Waals surface area (Å²) in [6.45, 7) is 3.46. The maximum absolute atomic E-state index is 11.5. The highest BCUT2D eigenvalue weighted by molar-refractivity contribution is 7.89. The maximum atomic E-state index is 11.5. The van der Waals surface area contributed by atoms with Crippen molar-refractivity contribution in [2.75, 3.05) is 6.54 Å². The molecule has 1 heterocycles. The van der Waals surface area contributed by atoms with E-state index in [0.29, 0.717) is 0 Å². The van der Waals surface area contributed by atoms with Crippen LogP contribution >= 0.6 is 0 Å². The van der Waals surface area contributed by atoms with Gasteiger partial charge in [-0.15, -0.1) is 6.42 Å². The van der Waals surface area contributed by atoms with Gasteiger partial charge >= 0.3 is 0 Å². The van der Waals surface area contributed by atoms with E-state index in [0.717, 1.165) is 0 Å². The maximum Gasteiger partial charge on any atom is 0.225 e. The Morgan fingerprint density at radius 3 is 2.47 bits per heavy atom. The molecule has 1 aliphatic rings. The third kappa shape index (κ3) is 2.30. The molecule has 0 aliphatic carbocycles. The van der Waals surface area contributed by atoms with Crippen molar-refractivity contribution in [3.8, 4) is 12.3 Å². The van der Waals surface area contributed by atoms with Crippen LogP contribution in [0.25, 0.3) is 0 Å². The highest BCUT2D eigenvalue weighted by Crippen LogP contribution is 2.24. The first-order valence-electron chi connectivity index (χ1n) is 4.48. The molecule has 0 aromatic rings. The summed E-state index contributed by atoms with van der Waals surface area (Å²) < 4.78 is 22.2. The van der Waals surface area contributed by atoms with Crippen LogP contribution in [0.1, 0.15) is 20.3 Å². The summed E-state index contributed by atoms with van der Waals surface area (Å²) in [5.41, 5.74) is -0.767. The molecule has 1 unspecified atom stereocenters. The number of carbonyl (C=O) groups is 1. The van der Waals surface area contributed by atoms with Gasteiger partial charge in [-0.2, -0.15) is 0 Å². The van der Waals surface area contributed by atoms with Gasteiger partial charge in [0.2, 0.25) is 15.9 Å². The Balaban J connectivity index is 2.93. The Morgan fingerprint density at radius 1 is 1.60 bits per heavy atom. The number of likely N-dealkylation sites (tertiary alicyclic amines) is 1. The van der Waals surface area contributed by atoms with Crippen LogP contribution in [0.15, 0.2) is 0 Å². The molecule has 15 heavy (non-hydrogen) atoms. The number of nitrogens with two attached hydrogens (primary N) is 1. The van der Waals surface area contributed by atoms with Crippen molar-refractivity contribution >= 4 is 15.9 Å². The predicted octanol–water partition coefficient (Wildman–Crippen LogP) is -0.712. The van der Waals surface area contributed by atoms with Crippen LogP contribution < -0.4 is 5.14 Å². The summed E-state index contributed by atoms with van der Waals surface area (Å²) in [5.74, 6) is 2.19. The van der Waals surface area contributed by atoms with E-state index in [1.54, 1.807) is 13.8 Å². The molecule has 1 fully saturated rings. The standard InChI is InChI=1S/C9H14N2O3S/c1-4-9(2,3)11-6-7(5-8(11)12)15(10,13)14/h1,7H,5-6H2,2-3H3,(H2,10,13,14). The van der Waals surface area contributed by atoms with Crippen molar-refractivity contribution in [3.63, 3.8) is 0 Å². The summed E-state index contributed by atoms with van der Waals surface area (Å²) in [7, 11) is -3.67. The SMILES string of the molecule is C#CC(C)(C)N1CC(S(N)(=O)=O)CC1=O. The number of terminal acetylenes is 1. The number of sulfonamides is 1. The van der Waals surface area contributed by atoms with E-state index in [2.05, 4.69) is 5.92 Å². The molecular formula is C9H14N2O3S. The lowest BCUT2D eigenvalue weighted by Gasteiger charge is -2.30. The first kappa shape index (κ1) is 12.0. The van der Waals surface area contributed by atoms with Gasteiger partial charge < -0.3 is 4.90 Å². The minimum Gasteiger partial charge on any atom is -0.325 e. The number of primary sulfonamides is 1. The molecule has 0 saturated carbocycles. The lowest BCUT2D eigenvalue weighted by molar-refractivity contribution is -0.130. The zero-order chi connectivity index (χ0) is 11.9. The first-order chi connectivity index (χ1) is 6.68. The number of rotatable bonds is 2. The van der Waals surface area contributed by atoms with Crippen molar-refractivity contribution < 1.29 is 13.2 Å². The Morgan fingerprint density at radius 2 is 2.13 bits per heavy atom. The van der Waals surface area contributed by atoms with Crippen LogP contribution in [0.4, 0.5) is 0 Å². The molecule has 1 aliphatic heterocycles. The van der Waals surface area contributed by atoms with Crippen LogP contribution in [-0.4, -0.2) is 36.6 Å². The van der Waals surface area contributed by atoms with Gasteiger partial charge in [-0.25, -0.2) is 13.6 Å². The summed E-state index contributed by atoms with van der Waals surface area (Å²) in [6.07, 6.45) is 5.20. The monoisotopic (exact) mass is 230 g/mol. The average molecular weight is 230 g/mol. The zero-order valence-corrected chi connectivity index (χ0v) is 9.54. The minimum absolute atomic E-state index is 0.0782. The molecule has 0 aromatic carbocycles. The molecule has 1 saturated heterocycles. The van der Waals surface area contributed by atoms with Gasteiger partial charge in [0.05, 0.1) is 5.54 Å². The number of amides is 1. The quantitative estimate of drug-likeness (QED) is 0.636. The minimum atomic E-state index is -3.67. The normalized spacial score (nSPS) is 22.9. The second-order valence-electron chi connectivity index (χ2n) is 4.12. The van der Waals surface area contributed by atoms with Crippen molar-refractivity contribution in [2.24, 2.45) is 5.14 Å². The van der Waals surface area contributed by atoms with Crippen molar-refractivity contribution in [1.29, 1.82) is 0 Å². The Bertz CT molecular complexity index is 419. The molecule has 0 radical (unpaired) electrons. The fraction of sp³-hybridized carbons (Fsp3) is 0.667. The Kier molecular flexibility index (Phi) is 2.81. The van der Waals surface area contributed by atoms with E-state index in [1.165, 1.54) is 4.90 Å². The van der Waals surface area contributed by atoms with E-state index in [1.807, 2.05) is 0 Å². The number of carbonyl (C=O) groups excluding carboxylic acids is 1. The van der Waals surface area contributed by atoms with E-state index >= 15 is 0 Å². The highest BCUT2D eigenvalue weighted by Gasteiger charge is 2.42. The van der Waals surface area contributed by atoms with E-state index in [-0.39, 0.29) is 18.9 Å². The van der Waals surface area contributed by atoms with Crippen molar-refractivity contribution in [1.82, 2.24) is 4.90 Å². The van der Waals surface area contributed by atoms with Crippen LogP contribution in [0.2, 0.25) is 0 Å². The van der Waals surface area contributed by atoms with Crippen LogP contribution in [-0.2, 0) is 14.8 Å².